The van der Waals surface area contributed by atoms with Gasteiger partial charge in [0.25, 0.3) is 0 Å². The van der Waals surface area contributed by atoms with E-state index in [1.807, 2.05) is 0 Å². The van der Waals surface area contributed by atoms with Gasteiger partial charge in [-0.3, -0.25) is 0 Å². The second-order valence-electron chi connectivity index (χ2n) is 9.48. The Labute approximate surface area is 185 Å². The molecule has 10 heteroatoms. The van der Waals surface area contributed by atoms with E-state index >= 15 is 0 Å². The first-order valence-electron chi connectivity index (χ1n) is 10.0. The number of aromatic nitrogens is 1. The predicted molar refractivity (Wildman–Crippen MR) is 117 cm³/mol. The second-order valence-corrected chi connectivity index (χ2v) is 23.9. The maximum absolute atomic E-state index is 14.7. The Kier molecular flexibility index (Phi) is 6.54. The van der Waals surface area contributed by atoms with Crippen molar-refractivity contribution < 1.29 is 28.0 Å². The van der Waals surface area contributed by atoms with Crippen molar-refractivity contribution in [3.63, 3.8) is 0 Å². The van der Waals surface area contributed by atoms with Crippen LogP contribution < -0.4 is 13.4 Å². The van der Waals surface area contributed by atoms with Gasteiger partial charge in [0.2, 0.25) is 0 Å². The zero-order valence-electron chi connectivity index (χ0n) is 18.6. The number of rotatable bonds is 5. The van der Waals surface area contributed by atoms with Crippen LogP contribution in [0.15, 0.2) is 35.1 Å². The molecule has 0 N–H and O–H groups in total. The molecule has 1 atom stereocenters. The number of ether oxygens (including phenoxy) is 2. The van der Waals surface area contributed by atoms with Crippen molar-refractivity contribution in [1.82, 2.24) is 5.16 Å². The molecular weight excluding hydrogens is 512 g/mol. The number of cyclic esters (lactones) is 1. The minimum absolute atomic E-state index is 0.0166. The molecule has 1 aromatic carbocycles. The predicted octanol–water partition coefficient (Wildman–Crippen LogP) is 4.13. The van der Waals surface area contributed by atoms with E-state index in [0.717, 1.165) is 3.58 Å². The molecule has 1 aromatic heterocycles. The molecule has 0 unspecified atom stereocenters. The summed E-state index contributed by atoms with van der Waals surface area (Å²) in [6.07, 6.45) is -0.546. The number of nitrogens with zero attached hydrogens (tertiary/aromatic N) is 3. The first-order chi connectivity index (χ1) is 14.3. The monoisotopic (exact) mass is 541 g/mol. The van der Waals surface area contributed by atoms with Gasteiger partial charge in [-0.15, -0.1) is 0 Å². The van der Waals surface area contributed by atoms with E-state index in [4.69, 9.17) is 14.0 Å². The van der Waals surface area contributed by atoms with Crippen LogP contribution in [-0.2, 0) is 9.47 Å². The van der Waals surface area contributed by atoms with Gasteiger partial charge in [-0.25, -0.2) is 0 Å². The molecule has 2 amide bonds. The van der Waals surface area contributed by atoms with Gasteiger partial charge in [0, 0.05) is 0 Å². The number of carbonyl (C=O) groups excluding carboxylic acids is 2. The fourth-order valence-corrected chi connectivity index (χ4v) is 7.15. The maximum atomic E-state index is 14.7. The Balaban J connectivity index is 1.77. The molecule has 31 heavy (non-hydrogen) atoms. The summed E-state index contributed by atoms with van der Waals surface area (Å²) in [5.41, 5.74) is -0.288. The van der Waals surface area contributed by atoms with E-state index < -0.39 is 42.3 Å². The fraction of sp³-hybridized carbons (Fsp3) is 0.476. The molecule has 0 saturated carbocycles. The van der Waals surface area contributed by atoms with E-state index in [0.29, 0.717) is 5.69 Å². The quantitative estimate of drug-likeness (QED) is 0.531. The summed E-state index contributed by atoms with van der Waals surface area (Å²) in [4.78, 5) is 34.2. The number of hydrogen-bond donors (Lipinski definition) is 0. The Morgan fingerprint density at radius 3 is 2.58 bits per heavy atom. The van der Waals surface area contributed by atoms with Gasteiger partial charge in [-0.05, 0) is 20.8 Å². The van der Waals surface area contributed by atoms with E-state index in [-0.39, 0.29) is 24.7 Å². The SMILES string of the molecule is CC(C)(C)OC(=O)N(C[C@H]1CN(c2cc[c]([Sn]([CH3])([CH3])[CH3])c(F)c2)C(=O)O1)c1ccon1. The van der Waals surface area contributed by atoms with Crippen molar-refractivity contribution in [1.29, 1.82) is 0 Å². The molecule has 0 radical (unpaired) electrons. The van der Waals surface area contributed by atoms with Crippen molar-refractivity contribution in [2.24, 2.45) is 0 Å². The van der Waals surface area contributed by atoms with E-state index in [2.05, 4.69) is 20.0 Å². The Morgan fingerprint density at radius 1 is 1.32 bits per heavy atom. The Bertz CT molecular complexity index is 953. The van der Waals surface area contributed by atoms with Crippen LogP contribution in [0, 0.1) is 5.82 Å². The molecule has 0 bridgehead atoms. The second kappa shape index (κ2) is 8.68. The first-order valence-corrected chi connectivity index (χ1v) is 20.0. The van der Waals surface area contributed by atoms with Gasteiger partial charge in [0.15, 0.2) is 0 Å². The number of halogens is 1. The van der Waals surface area contributed by atoms with Crippen molar-refractivity contribution >= 4 is 45.6 Å². The Morgan fingerprint density at radius 2 is 2.03 bits per heavy atom. The molecule has 0 aliphatic carbocycles. The zero-order chi connectivity index (χ0) is 23.0. The summed E-state index contributed by atoms with van der Waals surface area (Å²) in [7, 11) is 0. The van der Waals surface area contributed by atoms with Crippen LogP contribution in [0.1, 0.15) is 20.8 Å². The van der Waals surface area contributed by atoms with Gasteiger partial charge < -0.3 is 0 Å². The topological polar surface area (TPSA) is 85.1 Å². The molecule has 8 nitrogen and oxygen atoms in total. The zero-order valence-corrected chi connectivity index (χ0v) is 21.5. The molecule has 168 valence electrons. The van der Waals surface area contributed by atoms with Crippen molar-refractivity contribution in [3.05, 3.63) is 36.3 Å². The minimum atomic E-state index is -2.60. The van der Waals surface area contributed by atoms with Gasteiger partial charge in [-0.2, -0.15) is 0 Å². The van der Waals surface area contributed by atoms with Crippen molar-refractivity contribution in [2.45, 2.75) is 47.3 Å². The van der Waals surface area contributed by atoms with Crippen LogP contribution in [0.3, 0.4) is 0 Å². The molecular formula is C21H28FN3O5Sn. The molecule has 1 saturated heterocycles. The number of anilines is 2. The molecule has 1 aliphatic heterocycles. The third kappa shape index (κ3) is 5.69. The fourth-order valence-electron chi connectivity index (χ4n) is 3.24. The molecule has 0 spiro atoms. The standard InChI is InChI=1S/C18H19FN3O5.3CH3.Sn/c1-18(2,3)27-17(24)22(15-7-8-25-20-15)11-14-10-21(16(23)26-14)13-6-4-5-12(19)9-13;;;;/h4,6-9,14H,10-11H2,1-3H3;3*1H3;/t14-;;;;/m1..../s1. The third-order valence-corrected chi connectivity index (χ3v) is 10.4. The summed E-state index contributed by atoms with van der Waals surface area (Å²) in [6, 6.07) is 6.41. The average Bonchev–Trinajstić information content (AvgIpc) is 3.26. The number of amides is 2. The number of carbonyl (C=O) groups is 2. The van der Waals surface area contributed by atoms with Gasteiger partial charge in [-0.1, -0.05) is 0 Å². The summed E-state index contributed by atoms with van der Waals surface area (Å²) in [6.45, 7) is 5.44. The van der Waals surface area contributed by atoms with Crippen LogP contribution in [-0.4, -0.2) is 60.5 Å². The van der Waals surface area contributed by atoms with E-state index in [9.17, 15) is 14.0 Å². The molecule has 2 aromatic rings. The summed E-state index contributed by atoms with van der Waals surface area (Å²) in [5, 5.41) is 3.80. The van der Waals surface area contributed by atoms with Crippen molar-refractivity contribution in [3.8, 4) is 0 Å². The first kappa shape index (κ1) is 23.4. The normalized spacial score (nSPS) is 16.9. The van der Waals surface area contributed by atoms with Crippen LogP contribution in [0.5, 0.6) is 0 Å². The molecule has 1 fully saturated rings. The van der Waals surface area contributed by atoms with Crippen LogP contribution >= 0.6 is 0 Å². The Hall–Kier alpha value is -2.30. The molecule has 2 heterocycles. The van der Waals surface area contributed by atoms with Crippen LogP contribution in [0.2, 0.25) is 14.8 Å². The summed E-state index contributed by atoms with van der Waals surface area (Å²) >= 11 is -2.60. The van der Waals surface area contributed by atoms with Gasteiger partial charge in [0.1, 0.15) is 0 Å². The van der Waals surface area contributed by atoms with Gasteiger partial charge >= 0.3 is 165 Å². The summed E-state index contributed by atoms with van der Waals surface area (Å²) in [5.74, 6) is -0.0492. The third-order valence-electron chi connectivity index (χ3n) is 4.65. The van der Waals surface area contributed by atoms with Gasteiger partial charge in [0.05, 0.1) is 0 Å². The number of benzene rings is 1. The molecule has 1 aliphatic rings. The number of hydrogen-bond acceptors (Lipinski definition) is 6. The van der Waals surface area contributed by atoms with Crippen LogP contribution in [0.4, 0.5) is 25.5 Å². The summed E-state index contributed by atoms with van der Waals surface area (Å²) < 4.78 is 31.2. The van der Waals surface area contributed by atoms with Crippen LogP contribution in [0.25, 0.3) is 0 Å². The molecule has 3 rings (SSSR count). The van der Waals surface area contributed by atoms with E-state index in [1.54, 1.807) is 32.9 Å². The van der Waals surface area contributed by atoms with Crippen molar-refractivity contribution in [2.75, 3.05) is 22.9 Å². The average molecular weight is 540 g/mol. The van der Waals surface area contributed by atoms with E-state index in [1.165, 1.54) is 28.2 Å².